The summed E-state index contributed by atoms with van der Waals surface area (Å²) in [5.74, 6) is 1.05. The van der Waals surface area contributed by atoms with Crippen molar-refractivity contribution in [2.45, 2.75) is 45.2 Å². The smallest absolute Gasteiger partial charge is 0.191 e. The van der Waals surface area contributed by atoms with Gasteiger partial charge < -0.3 is 10.6 Å². The Morgan fingerprint density at radius 3 is 2.64 bits per heavy atom. The fourth-order valence-corrected chi connectivity index (χ4v) is 5.53. The van der Waals surface area contributed by atoms with Gasteiger partial charge in [0, 0.05) is 43.9 Å². The molecule has 1 aliphatic carbocycles. The van der Waals surface area contributed by atoms with E-state index >= 15 is 0 Å². The average Bonchev–Trinajstić information content (AvgIpc) is 3.25. The summed E-state index contributed by atoms with van der Waals surface area (Å²) in [4.78, 5) is 7.25. The van der Waals surface area contributed by atoms with Gasteiger partial charge in [-0.2, -0.15) is 0 Å². The number of nitrogens with one attached hydrogen (secondary N) is 2. The number of hydrogen-bond acceptors (Lipinski definition) is 4. The van der Waals surface area contributed by atoms with Gasteiger partial charge in [-0.05, 0) is 44.7 Å². The lowest BCUT2D eigenvalue weighted by Crippen LogP contribution is -2.45. The zero-order valence-corrected chi connectivity index (χ0v) is 18.0. The van der Waals surface area contributed by atoms with Crippen molar-refractivity contribution in [3.05, 3.63) is 35.9 Å². The lowest BCUT2D eigenvalue weighted by atomic mass is 10.1. The van der Waals surface area contributed by atoms with Crippen LogP contribution in [-0.2, 0) is 16.4 Å². The summed E-state index contributed by atoms with van der Waals surface area (Å²) < 4.78 is 23.3. The second-order valence-corrected chi connectivity index (χ2v) is 10.5. The molecule has 0 amide bonds. The van der Waals surface area contributed by atoms with Crippen LogP contribution in [0.1, 0.15) is 38.2 Å². The molecule has 2 fully saturated rings. The van der Waals surface area contributed by atoms with Gasteiger partial charge in [-0.15, -0.1) is 0 Å². The maximum absolute atomic E-state index is 11.7. The van der Waals surface area contributed by atoms with Crippen LogP contribution in [0.15, 0.2) is 35.3 Å². The van der Waals surface area contributed by atoms with Crippen molar-refractivity contribution in [3.63, 3.8) is 0 Å². The fraction of sp³-hybridized carbons (Fsp3) is 0.667. The number of sulfone groups is 1. The Hall–Kier alpha value is -1.60. The molecule has 1 aliphatic heterocycles. The van der Waals surface area contributed by atoms with E-state index in [9.17, 15) is 8.42 Å². The molecule has 3 rings (SSSR count). The molecule has 0 aromatic heterocycles. The number of likely N-dealkylation sites (tertiary alicyclic amines) is 1. The first-order valence-electron chi connectivity index (χ1n) is 10.4. The number of hydrogen-bond donors (Lipinski definition) is 2. The van der Waals surface area contributed by atoms with Gasteiger partial charge in [0.2, 0.25) is 0 Å². The van der Waals surface area contributed by atoms with Crippen molar-refractivity contribution in [2.75, 3.05) is 38.2 Å². The molecule has 1 aromatic carbocycles. The lowest BCUT2D eigenvalue weighted by molar-refractivity contribution is 0.245. The molecule has 1 unspecified atom stereocenters. The molecule has 2 N–H and O–H groups in total. The second kappa shape index (κ2) is 9.27. The van der Waals surface area contributed by atoms with Crippen LogP contribution in [0.3, 0.4) is 0 Å². The molecule has 0 spiro atoms. The number of aliphatic imine (C=N–C) groups is 1. The quantitative estimate of drug-likeness (QED) is 0.485. The lowest BCUT2D eigenvalue weighted by Gasteiger charge is -2.25. The van der Waals surface area contributed by atoms with Crippen molar-refractivity contribution in [1.29, 1.82) is 0 Å². The van der Waals surface area contributed by atoms with E-state index in [2.05, 4.69) is 52.8 Å². The van der Waals surface area contributed by atoms with Crippen molar-refractivity contribution < 1.29 is 8.42 Å². The van der Waals surface area contributed by atoms with Crippen LogP contribution in [0.25, 0.3) is 0 Å². The standard InChI is InChI=1S/C21H34N4O2S/c1-3-22-20(24-16-21(11-12-21)17-28(2,26)27)23-14-19-10-7-13-25(19)15-18-8-5-4-6-9-18/h4-6,8-9,19H,3,7,10-17H2,1-2H3,(H2,22,23,24). The van der Waals surface area contributed by atoms with E-state index in [4.69, 9.17) is 4.99 Å². The Morgan fingerprint density at radius 2 is 2.00 bits per heavy atom. The van der Waals surface area contributed by atoms with Gasteiger partial charge in [-0.1, -0.05) is 30.3 Å². The third-order valence-corrected chi connectivity index (χ3v) is 6.81. The number of rotatable bonds is 9. The molecule has 156 valence electrons. The van der Waals surface area contributed by atoms with Gasteiger partial charge in [0.1, 0.15) is 9.84 Å². The third-order valence-electron chi connectivity index (χ3n) is 5.67. The first-order valence-corrected chi connectivity index (χ1v) is 12.4. The SMILES string of the molecule is CCNC(=NCC1(CS(C)(=O)=O)CC1)NCC1CCCN1Cc1ccccc1. The molecule has 28 heavy (non-hydrogen) atoms. The Morgan fingerprint density at radius 1 is 1.25 bits per heavy atom. The molecular weight excluding hydrogens is 372 g/mol. The molecule has 1 saturated carbocycles. The minimum Gasteiger partial charge on any atom is -0.357 e. The highest BCUT2D eigenvalue weighted by molar-refractivity contribution is 7.90. The predicted octanol–water partition coefficient (Wildman–Crippen LogP) is 2.03. The Labute approximate surface area is 169 Å². The van der Waals surface area contributed by atoms with Crippen molar-refractivity contribution >= 4 is 15.8 Å². The third kappa shape index (κ3) is 6.48. The van der Waals surface area contributed by atoms with E-state index in [1.807, 2.05) is 0 Å². The highest BCUT2D eigenvalue weighted by atomic mass is 32.2. The molecule has 1 atom stereocenters. The average molecular weight is 407 g/mol. The minimum atomic E-state index is -2.96. The number of benzene rings is 1. The van der Waals surface area contributed by atoms with Crippen LogP contribution < -0.4 is 10.6 Å². The summed E-state index contributed by atoms with van der Waals surface area (Å²) in [7, 11) is -2.96. The fourth-order valence-electron chi connectivity index (χ4n) is 4.04. The van der Waals surface area contributed by atoms with Crippen LogP contribution in [0.5, 0.6) is 0 Å². The van der Waals surface area contributed by atoms with Crippen molar-refractivity contribution in [3.8, 4) is 0 Å². The first-order chi connectivity index (χ1) is 13.4. The summed E-state index contributed by atoms with van der Waals surface area (Å²) in [6, 6.07) is 11.1. The number of guanidine groups is 1. The Bertz CT molecular complexity index is 760. The van der Waals surface area contributed by atoms with E-state index < -0.39 is 9.84 Å². The largest absolute Gasteiger partial charge is 0.357 e. The van der Waals surface area contributed by atoms with Crippen LogP contribution in [0.2, 0.25) is 0 Å². The van der Waals surface area contributed by atoms with Crippen LogP contribution in [0, 0.1) is 5.41 Å². The van der Waals surface area contributed by atoms with Gasteiger partial charge in [-0.3, -0.25) is 9.89 Å². The Kier molecular flexibility index (Phi) is 6.99. The molecule has 0 radical (unpaired) electrons. The normalized spacial score (nSPS) is 22.2. The van der Waals surface area contributed by atoms with Gasteiger partial charge in [0.15, 0.2) is 5.96 Å². The van der Waals surface area contributed by atoms with Crippen molar-refractivity contribution in [2.24, 2.45) is 10.4 Å². The van der Waals surface area contributed by atoms with E-state index in [1.54, 1.807) is 0 Å². The van der Waals surface area contributed by atoms with Gasteiger partial charge >= 0.3 is 0 Å². The van der Waals surface area contributed by atoms with Crippen LogP contribution in [0.4, 0.5) is 0 Å². The van der Waals surface area contributed by atoms with Gasteiger partial charge in [-0.25, -0.2) is 8.42 Å². The minimum absolute atomic E-state index is 0.136. The van der Waals surface area contributed by atoms with Crippen LogP contribution in [-0.4, -0.2) is 63.5 Å². The maximum atomic E-state index is 11.7. The van der Waals surface area contributed by atoms with E-state index in [-0.39, 0.29) is 11.2 Å². The van der Waals surface area contributed by atoms with E-state index in [1.165, 1.54) is 24.7 Å². The molecule has 1 heterocycles. The van der Waals surface area contributed by atoms with Crippen molar-refractivity contribution in [1.82, 2.24) is 15.5 Å². The zero-order chi connectivity index (χ0) is 20.0. The summed E-state index contributed by atoms with van der Waals surface area (Å²) in [5, 5.41) is 6.79. The number of nitrogens with zero attached hydrogens (tertiary/aromatic N) is 2. The summed E-state index contributed by atoms with van der Waals surface area (Å²) >= 11 is 0. The summed E-state index contributed by atoms with van der Waals surface area (Å²) in [6.45, 7) is 6.40. The zero-order valence-electron chi connectivity index (χ0n) is 17.2. The molecule has 1 saturated heterocycles. The molecule has 0 bridgehead atoms. The first kappa shape index (κ1) is 21.1. The van der Waals surface area contributed by atoms with Gasteiger partial charge in [0.25, 0.3) is 0 Å². The topological polar surface area (TPSA) is 73.8 Å². The second-order valence-electron chi connectivity index (χ2n) is 8.40. The van der Waals surface area contributed by atoms with Gasteiger partial charge in [0.05, 0.1) is 5.75 Å². The summed E-state index contributed by atoms with van der Waals surface area (Å²) in [6.07, 6.45) is 5.65. The predicted molar refractivity (Wildman–Crippen MR) is 115 cm³/mol. The highest BCUT2D eigenvalue weighted by Gasteiger charge is 2.45. The Balaban J connectivity index is 1.54. The summed E-state index contributed by atoms with van der Waals surface area (Å²) in [5.41, 5.74) is 1.22. The van der Waals surface area contributed by atoms with E-state index in [0.29, 0.717) is 12.6 Å². The molecule has 7 heteroatoms. The molecule has 2 aliphatic rings. The molecule has 1 aromatic rings. The van der Waals surface area contributed by atoms with Crippen LogP contribution >= 0.6 is 0 Å². The van der Waals surface area contributed by atoms with E-state index in [0.717, 1.165) is 45.0 Å². The maximum Gasteiger partial charge on any atom is 0.191 e. The monoisotopic (exact) mass is 406 g/mol. The molecule has 6 nitrogen and oxygen atoms in total. The highest BCUT2D eigenvalue weighted by Crippen LogP contribution is 2.46. The molecular formula is C21H34N4O2S.